The average Bonchev–Trinajstić information content (AvgIpc) is 3.47. The van der Waals surface area contributed by atoms with Crippen LogP contribution >= 0.6 is 0 Å². The van der Waals surface area contributed by atoms with E-state index in [1.54, 1.807) is 27.9 Å². The lowest BCUT2D eigenvalue weighted by Gasteiger charge is -2.14. The van der Waals surface area contributed by atoms with Crippen molar-refractivity contribution in [3.8, 4) is 16.9 Å². The van der Waals surface area contributed by atoms with Gasteiger partial charge in [-0.3, -0.25) is 9.69 Å². The molecule has 33 heavy (non-hydrogen) atoms. The van der Waals surface area contributed by atoms with Crippen molar-refractivity contribution in [3.05, 3.63) is 96.2 Å². The number of para-hydroxylation sites is 1. The van der Waals surface area contributed by atoms with Crippen molar-refractivity contribution in [2.24, 2.45) is 0 Å². The highest BCUT2D eigenvalue weighted by Gasteiger charge is 2.22. The fourth-order valence-corrected chi connectivity index (χ4v) is 3.93. The molecule has 164 valence electrons. The Morgan fingerprint density at radius 1 is 0.939 bits per heavy atom. The Morgan fingerprint density at radius 3 is 2.36 bits per heavy atom. The van der Waals surface area contributed by atoms with Crippen molar-refractivity contribution in [2.45, 2.75) is 6.92 Å². The molecule has 0 atom stereocenters. The van der Waals surface area contributed by atoms with Crippen LogP contribution in [0.1, 0.15) is 15.9 Å². The lowest BCUT2D eigenvalue weighted by molar-refractivity contribution is 0.102. The van der Waals surface area contributed by atoms with Gasteiger partial charge in [-0.1, -0.05) is 42.5 Å². The third kappa shape index (κ3) is 4.08. The number of aromatic nitrogens is 2. The van der Waals surface area contributed by atoms with Crippen LogP contribution in [0.2, 0.25) is 0 Å². The molecule has 0 aliphatic carbocycles. The first-order valence-corrected chi connectivity index (χ1v) is 10.8. The molecule has 1 aliphatic heterocycles. The third-order valence-electron chi connectivity index (χ3n) is 5.67. The largest absolute Gasteiger partial charge is 0.336 e. The van der Waals surface area contributed by atoms with Crippen molar-refractivity contribution in [1.29, 1.82) is 0 Å². The monoisotopic (exact) mass is 437 g/mol. The van der Waals surface area contributed by atoms with Crippen molar-refractivity contribution >= 4 is 23.3 Å². The second kappa shape index (κ2) is 8.63. The Bertz CT molecular complexity index is 1310. The fourth-order valence-electron chi connectivity index (χ4n) is 3.93. The Balaban J connectivity index is 1.46. The van der Waals surface area contributed by atoms with E-state index in [4.69, 9.17) is 5.10 Å². The number of hydrogen-bond donors (Lipinski definition) is 2. The Morgan fingerprint density at radius 2 is 1.67 bits per heavy atom. The zero-order valence-corrected chi connectivity index (χ0v) is 18.2. The Kier molecular flexibility index (Phi) is 5.36. The van der Waals surface area contributed by atoms with Gasteiger partial charge >= 0.3 is 6.03 Å². The van der Waals surface area contributed by atoms with Crippen LogP contribution in [0.25, 0.3) is 16.9 Å². The lowest BCUT2D eigenvalue weighted by atomic mass is 10.0. The van der Waals surface area contributed by atoms with Crippen molar-refractivity contribution in [2.75, 3.05) is 23.3 Å². The van der Waals surface area contributed by atoms with Gasteiger partial charge in [0.15, 0.2) is 0 Å². The van der Waals surface area contributed by atoms with Crippen LogP contribution in [0.3, 0.4) is 0 Å². The van der Waals surface area contributed by atoms with Gasteiger partial charge in [0.25, 0.3) is 5.91 Å². The summed E-state index contributed by atoms with van der Waals surface area (Å²) in [7, 11) is 0. The maximum absolute atomic E-state index is 13.3. The molecule has 1 aromatic heterocycles. The first-order valence-electron chi connectivity index (χ1n) is 10.8. The van der Waals surface area contributed by atoms with Crippen LogP contribution in [0, 0.1) is 6.92 Å². The maximum Gasteiger partial charge on any atom is 0.321 e. The van der Waals surface area contributed by atoms with Crippen molar-refractivity contribution in [1.82, 2.24) is 15.1 Å². The molecular weight excluding hydrogens is 414 g/mol. The molecule has 0 spiro atoms. The minimum absolute atomic E-state index is 0.108. The van der Waals surface area contributed by atoms with Crippen molar-refractivity contribution < 1.29 is 9.59 Å². The predicted molar refractivity (Wildman–Crippen MR) is 129 cm³/mol. The highest BCUT2D eigenvalue weighted by molar-refractivity contribution is 6.08. The van der Waals surface area contributed by atoms with Gasteiger partial charge in [-0.2, -0.15) is 5.10 Å². The van der Waals surface area contributed by atoms with Crippen LogP contribution in [0.4, 0.5) is 16.2 Å². The van der Waals surface area contributed by atoms with Gasteiger partial charge in [0.2, 0.25) is 0 Å². The van der Waals surface area contributed by atoms with E-state index in [0.717, 1.165) is 22.5 Å². The molecule has 0 bridgehead atoms. The number of nitrogens with one attached hydrogen (secondary N) is 2. The second-order valence-corrected chi connectivity index (χ2v) is 7.87. The number of benzene rings is 3. The first-order chi connectivity index (χ1) is 16.1. The highest BCUT2D eigenvalue weighted by atomic mass is 16.2. The third-order valence-corrected chi connectivity index (χ3v) is 5.67. The van der Waals surface area contributed by atoms with Gasteiger partial charge in [-0.05, 0) is 48.9 Å². The fraction of sp³-hybridized carbons (Fsp3) is 0.115. The number of amides is 3. The second-order valence-electron chi connectivity index (χ2n) is 7.87. The summed E-state index contributed by atoms with van der Waals surface area (Å²) in [5.41, 5.74) is 5.37. The minimum Gasteiger partial charge on any atom is -0.336 e. The highest BCUT2D eigenvalue weighted by Crippen LogP contribution is 2.28. The van der Waals surface area contributed by atoms with Gasteiger partial charge < -0.3 is 10.6 Å². The molecule has 2 heterocycles. The molecule has 7 heteroatoms. The summed E-state index contributed by atoms with van der Waals surface area (Å²) in [4.78, 5) is 26.9. The van der Waals surface area contributed by atoms with Crippen molar-refractivity contribution in [3.63, 3.8) is 0 Å². The summed E-state index contributed by atoms with van der Waals surface area (Å²) >= 11 is 0. The molecule has 1 aliphatic rings. The number of urea groups is 1. The zero-order valence-electron chi connectivity index (χ0n) is 18.2. The average molecular weight is 438 g/mol. The number of hydrogen-bond acceptors (Lipinski definition) is 3. The number of anilines is 2. The summed E-state index contributed by atoms with van der Waals surface area (Å²) in [6, 6.07) is 24.8. The molecule has 3 amide bonds. The Labute approximate surface area is 191 Å². The van der Waals surface area contributed by atoms with E-state index in [2.05, 4.69) is 10.6 Å². The van der Waals surface area contributed by atoms with E-state index in [-0.39, 0.29) is 11.9 Å². The first kappa shape index (κ1) is 20.5. The molecular formula is C26H23N5O2. The van der Waals surface area contributed by atoms with Gasteiger partial charge in [0.05, 0.1) is 11.3 Å². The van der Waals surface area contributed by atoms with Gasteiger partial charge in [0.1, 0.15) is 5.69 Å². The van der Waals surface area contributed by atoms with Crippen LogP contribution in [0.15, 0.2) is 85.1 Å². The summed E-state index contributed by atoms with van der Waals surface area (Å²) < 4.78 is 1.73. The van der Waals surface area contributed by atoms with Gasteiger partial charge in [-0.15, -0.1) is 0 Å². The molecule has 7 nitrogen and oxygen atoms in total. The van der Waals surface area contributed by atoms with E-state index in [1.165, 1.54) is 0 Å². The zero-order chi connectivity index (χ0) is 22.8. The standard InChI is InChI=1S/C26H23N5O2/c1-18-7-5-6-10-22(18)24-23(17-31(29-24)21-8-3-2-4-9-21)25(32)28-19-11-13-20(14-12-19)30-16-15-27-26(30)33/h2-14,17H,15-16H2,1H3,(H,27,33)(H,28,32). The Hall–Kier alpha value is -4.39. The molecule has 4 aromatic rings. The summed E-state index contributed by atoms with van der Waals surface area (Å²) in [6.45, 7) is 3.26. The predicted octanol–water partition coefficient (Wildman–Crippen LogP) is 4.63. The molecule has 2 N–H and O–H groups in total. The smallest absolute Gasteiger partial charge is 0.321 e. The number of carbonyl (C=O) groups excluding carboxylic acids is 2. The summed E-state index contributed by atoms with van der Waals surface area (Å²) in [5, 5.41) is 10.5. The van der Waals surface area contributed by atoms with Crippen LogP contribution < -0.4 is 15.5 Å². The summed E-state index contributed by atoms with van der Waals surface area (Å²) in [6.07, 6.45) is 1.76. The molecule has 1 saturated heterocycles. The van der Waals surface area contributed by atoms with E-state index < -0.39 is 0 Å². The lowest BCUT2D eigenvalue weighted by Crippen LogP contribution is -2.27. The molecule has 0 radical (unpaired) electrons. The minimum atomic E-state index is -0.248. The number of nitrogens with zero attached hydrogens (tertiary/aromatic N) is 3. The molecule has 0 saturated carbocycles. The van der Waals surface area contributed by atoms with E-state index in [0.29, 0.717) is 30.0 Å². The topological polar surface area (TPSA) is 79.3 Å². The normalized spacial score (nSPS) is 13.1. The molecule has 3 aromatic carbocycles. The van der Waals surface area contributed by atoms with Gasteiger partial charge in [-0.25, -0.2) is 9.48 Å². The van der Waals surface area contributed by atoms with Gasteiger partial charge in [0, 0.05) is 36.2 Å². The quantitative estimate of drug-likeness (QED) is 0.478. The van der Waals surface area contributed by atoms with E-state index in [9.17, 15) is 9.59 Å². The van der Waals surface area contributed by atoms with Crippen LogP contribution in [-0.2, 0) is 0 Å². The van der Waals surface area contributed by atoms with E-state index >= 15 is 0 Å². The molecule has 0 unspecified atom stereocenters. The SMILES string of the molecule is Cc1ccccc1-c1nn(-c2ccccc2)cc1C(=O)Nc1ccc(N2CCNC2=O)cc1. The number of carbonyl (C=O) groups is 2. The summed E-state index contributed by atoms with van der Waals surface area (Å²) in [5.74, 6) is -0.248. The molecule has 5 rings (SSSR count). The number of rotatable bonds is 5. The van der Waals surface area contributed by atoms with E-state index in [1.807, 2.05) is 73.7 Å². The van der Waals surface area contributed by atoms with Crippen LogP contribution in [0.5, 0.6) is 0 Å². The number of aryl methyl sites for hydroxylation is 1. The maximum atomic E-state index is 13.3. The molecule has 1 fully saturated rings. The van der Waals surface area contributed by atoms with Crippen LogP contribution in [-0.4, -0.2) is 34.8 Å².